The Morgan fingerprint density at radius 2 is 1.81 bits per heavy atom. The lowest BCUT2D eigenvalue weighted by Crippen LogP contribution is -1.97. The number of benzene rings is 2. The van der Waals surface area contributed by atoms with E-state index in [-0.39, 0.29) is 11.5 Å². The molecule has 0 spiro atoms. The van der Waals surface area contributed by atoms with Crippen LogP contribution in [0.2, 0.25) is 0 Å². The number of carbonyl (C=O) groups is 1. The van der Waals surface area contributed by atoms with Crippen LogP contribution >= 0.6 is 11.8 Å². The zero-order chi connectivity index (χ0) is 14.8. The van der Waals surface area contributed by atoms with Crippen LogP contribution in [-0.4, -0.2) is 10.7 Å². The number of fused-ring (bicyclic) bond motifs is 1. The highest BCUT2D eigenvalue weighted by Gasteiger charge is 2.25. The fourth-order valence-corrected chi connectivity index (χ4v) is 2.94. The first-order valence-corrected chi connectivity index (χ1v) is 6.99. The van der Waals surface area contributed by atoms with Crippen molar-refractivity contribution >= 4 is 28.9 Å². The number of thioether (sulfide) groups is 1. The van der Waals surface area contributed by atoms with Gasteiger partial charge in [0.25, 0.3) is 5.69 Å². The minimum Gasteiger partial charge on any atom is -0.360 e. The Kier molecular flexibility index (Phi) is 3.45. The van der Waals surface area contributed by atoms with Crippen LogP contribution in [0.4, 0.5) is 11.4 Å². The number of nitrogens with one attached hydrogen (secondary N) is 1. The van der Waals surface area contributed by atoms with Gasteiger partial charge in [0, 0.05) is 34.5 Å². The Hall–Kier alpha value is -2.60. The van der Waals surface area contributed by atoms with Gasteiger partial charge in [-0.2, -0.15) is 0 Å². The highest BCUT2D eigenvalue weighted by atomic mass is 32.2. The third-order valence-corrected chi connectivity index (χ3v) is 4.12. The van der Waals surface area contributed by atoms with E-state index < -0.39 is 4.92 Å². The van der Waals surface area contributed by atoms with Crippen LogP contribution in [0, 0.1) is 10.1 Å². The standard InChI is InChI=1S/C15H10N2O3S/c18-15-12-3-1-2-4-13(12)21-14(15)9-16-10-5-7-11(8-6-10)17(19)20/h1-9,16H/b14-9+. The molecule has 0 saturated heterocycles. The van der Waals surface area contributed by atoms with Gasteiger partial charge in [0.15, 0.2) is 0 Å². The quantitative estimate of drug-likeness (QED) is 0.529. The predicted molar refractivity (Wildman–Crippen MR) is 81.4 cm³/mol. The largest absolute Gasteiger partial charge is 0.360 e. The van der Waals surface area contributed by atoms with Gasteiger partial charge in [0.2, 0.25) is 5.78 Å². The monoisotopic (exact) mass is 298 g/mol. The minimum atomic E-state index is -0.449. The maximum absolute atomic E-state index is 12.1. The molecule has 1 heterocycles. The van der Waals surface area contributed by atoms with Crippen LogP contribution in [0.5, 0.6) is 0 Å². The van der Waals surface area contributed by atoms with Gasteiger partial charge in [-0.25, -0.2) is 0 Å². The zero-order valence-corrected chi connectivity index (χ0v) is 11.6. The van der Waals surface area contributed by atoms with Crippen molar-refractivity contribution in [2.75, 3.05) is 5.32 Å². The third-order valence-electron chi connectivity index (χ3n) is 3.02. The summed E-state index contributed by atoms with van der Waals surface area (Å²) >= 11 is 1.41. The highest BCUT2D eigenvalue weighted by Crippen LogP contribution is 2.39. The second kappa shape index (κ2) is 5.41. The molecule has 3 rings (SSSR count). The molecule has 0 bridgehead atoms. The van der Waals surface area contributed by atoms with Crippen LogP contribution in [0.25, 0.3) is 0 Å². The molecule has 1 aliphatic heterocycles. The van der Waals surface area contributed by atoms with Gasteiger partial charge in [-0.15, -0.1) is 0 Å². The first kappa shape index (κ1) is 13.4. The topological polar surface area (TPSA) is 72.2 Å². The molecule has 0 radical (unpaired) electrons. The Balaban J connectivity index is 1.76. The van der Waals surface area contributed by atoms with Crippen LogP contribution in [-0.2, 0) is 0 Å². The Morgan fingerprint density at radius 3 is 2.48 bits per heavy atom. The van der Waals surface area contributed by atoms with Gasteiger partial charge in [-0.05, 0) is 24.3 Å². The minimum absolute atomic E-state index is 0.00925. The molecular formula is C15H10N2O3S. The number of hydrogen-bond donors (Lipinski definition) is 1. The normalized spacial score (nSPS) is 15.0. The summed E-state index contributed by atoms with van der Waals surface area (Å²) in [4.78, 5) is 23.8. The smallest absolute Gasteiger partial charge is 0.269 e. The number of hydrogen-bond acceptors (Lipinski definition) is 5. The summed E-state index contributed by atoms with van der Waals surface area (Å²) in [5.41, 5.74) is 1.43. The molecule has 2 aromatic rings. The van der Waals surface area contributed by atoms with Crippen molar-refractivity contribution in [2.24, 2.45) is 0 Å². The number of allylic oxidation sites excluding steroid dienone is 1. The molecule has 0 amide bonds. The molecule has 2 aromatic carbocycles. The average molecular weight is 298 g/mol. The fraction of sp³-hybridized carbons (Fsp3) is 0. The summed E-state index contributed by atoms with van der Waals surface area (Å²) in [5.74, 6) is -0.00925. The van der Waals surface area contributed by atoms with E-state index in [1.54, 1.807) is 24.4 Å². The number of nitro groups is 1. The van der Waals surface area contributed by atoms with Crippen molar-refractivity contribution < 1.29 is 9.72 Å². The lowest BCUT2D eigenvalue weighted by atomic mass is 10.1. The number of ketones is 1. The predicted octanol–water partition coefficient (Wildman–Crippen LogP) is 3.84. The molecule has 0 aliphatic carbocycles. The van der Waals surface area contributed by atoms with Crippen LogP contribution in [0.1, 0.15) is 10.4 Å². The van der Waals surface area contributed by atoms with Crippen molar-refractivity contribution in [2.45, 2.75) is 4.90 Å². The number of nitro benzene ring substituents is 1. The Labute approximate surface area is 124 Å². The Bertz CT molecular complexity index is 754. The molecule has 5 nitrogen and oxygen atoms in total. The number of rotatable bonds is 3. The molecule has 104 valence electrons. The summed E-state index contributed by atoms with van der Waals surface area (Å²) < 4.78 is 0. The molecule has 0 fully saturated rings. The van der Waals surface area contributed by atoms with Crippen molar-refractivity contribution in [1.29, 1.82) is 0 Å². The van der Waals surface area contributed by atoms with E-state index in [1.165, 1.54) is 23.9 Å². The maximum atomic E-state index is 12.1. The van der Waals surface area contributed by atoms with E-state index in [1.807, 2.05) is 18.2 Å². The second-order valence-electron chi connectivity index (χ2n) is 4.38. The first-order chi connectivity index (χ1) is 10.1. The lowest BCUT2D eigenvalue weighted by Gasteiger charge is -2.01. The van der Waals surface area contributed by atoms with E-state index in [0.717, 1.165) is 4.90 Å². The zero-order valence-electron chi connectivity index (χ0n) is 10.8. The van der Waals surface area contributed by atoms with Crippen molar-refractivity contribution in [3.05, 3.63) is 75.3 Å². The average Bonchev–Trinajstić information content (AvgIpc) is 2.82. The van der Waals surface area contributed by atoms with Crippen molar-refractivity contribution in [1.82, 2.24) is 0 Å². The van der Waals surface area contributed by atoms with Gasteiger partial charge in [-0.3, -0.25) is 14.9 Å². The molecule has 0 aromatic heterocycles. The molecular weight excluding hydrogens is 288 g/mol. The Morgan fingerprint density at radius 1 is 1.10 bits per heavy atom. The summed E-state index contributed by atoms with van der Waals surface area (Å²) in [6.07, 6.45) is 1.63. The summed E-state index contributed by atoms with van der Waals surface area (Å²) in [6.45, 7) is 0. The number of nitrogens with zero attached hydrogens (tertiary/aromatic N) is 1. The van der Waals surface area contributed by atoms with Crippen molar-refractivity contribution in [3.8, 4) is 0 Å². The van der Waals surface area contributed by atoms with Crippen LogP contribution < -0.4 is 5.32 Å². The number of carbonyl (C=O) groups excluding carboxylic acids is 1. The lowest BCUT2D eigenvalue weighted by molar-refractivity contribution is -0.384. The van der Waals surface area contributed by atoms with E-state index in [4.69, 9.17) is 0 Å². The van der Waals surface area contributed by atoms with E-state index in [9.17, 15) is 14.9 Å². The molecule has 0 saturated carbocycles. The van der Waals surface area contributed by atoms with E-state index in [0.29, 0.717) is 16.2 Å². The van der Waals surface area contributed by atoms with Gasteiger partial charge < -0.3 is 5.32 Å². The van der Waals surface area contributed by atoms with Crippen molar-refractivity contribution in [3.63, 3.8) is 0 Å². The highest BCUT2D eigenvalue weighted by molar-refractivity contribution is 8.04. The van der Waals surface area contributed by atoms with E-state index in [2.05, 4.69) is 5.32 Å². The first-order valence-electron chi connectivity index (χ1n) is 6.18. The molecule has 0 unspecified atom stereocenters. The molecule has 6 heteroatoms. The van der Waals surface area contributed by atoms with Gasteiger partial charge >= 0.3 is 0 Å². The number of Topliss-reactive ketones (excluding diaryl/α,β-unsaturated/α-hetero) is 1. The number of non-ortho nitro benzene ring substituents is 1. The van der Waals surface area contributed by atoms with Crippen LogP contribution in [0.15, 0.2) is 64.5 Å². The molecule has 1 N–H and O–H groups in total. The molecule has 0 atom stereocenters. The van der Waals surface area contributed by atoms with E-state index >= 15 is 0 Å². The maximum Gasteiger partial charge on any atom is 0.269 e. The summed E-state index contributed by atoms with van der Waals surface area (Å²) in [7, 11) is 0. The summed E-state index contributed by atoms with van der Waals surface area (Å²) in [5, 5.41) is 13.6. The molecule has 21 heavy (non-hydrogen) atoms. The third kappa shape index (κ3) is 2.66. The van der Waals surface area contributed by atoms with Crippen LogP contribution in [0.3, 0.4) is 0 Å². The number of anilines is 1. The second-order valence-corrected chi connectivity index (χ2v) is 5.47. The SMILES string of the molecule is O=C1/C(=C\Nc2ccc([N+](=O)[O-])cc2)Sc2ccccc21. The summed E-state index contributed by atoms with van der Waals surface area (Å²) in [6, 6.07) is 13.5. The van der Waals surface area contributed by atoms with Gasteiger partial charge in [0.1, 0.15) is 0 Å². The van der Waals surface area contributed by atoms with Gasteiger partial charge in [0.05, 0.1) is 9.83 Å². The fourth-order valence-electron chi connectivity index (χ4n) is 1.96. The molecule has 1 aliphatic rings. The van der Waals surface area contributed by atoms with Gasteiger partial charge in [-0.1, -0.05) is 23.9 Å².